The first kappa shape index (κ1) is 18.2. The van der Waals surface area contributed by atoms with Crippen LogP contribution in [0.15, 0.2) is 36.4 Å². The van der Waals surface area contributed by atoms with Gasteiger partial charge in [-0.2, -0.15) is 0 Å². The summed E-state index contributed by atoms with van der Waals surface area (Å²) in [5, 5.41) is 4.47. The molecule has 0 spiro atoms. The van der Waals surface area contributed by atoms with Crippen LogP contribution in [-0.4, -0.2) is 32.9 Å². The van der Waals surface area contributed by atoms with Gasteiger partial charge in [-0.15, -0.1) is 0 Å². The van der Waals surface area contributed by atoms with Crippen LogP contribution in [0.1, 0.15) is 12.5 Å². The van der Waals surface area contributed by atoms with E-state index in [0.29, 0.717) is 28.9 Å². The molecule has 2 aromatic rings. The average Bonchev–Trinajstić information content (AvgIpc) is 2.64. The predicted molar refractivity (Wildman–Crippen MR) is 104 cm³/mol. The first-order valence-corrected chi connectivity index (χ1v) is 9.20. The number of ether oxygens (including phenoxy) is 2. The molecule has 134 valence electrons. The van der Waals surface area contributed by atoms with E-state index in [1.165, 1.54) is 5.69 Å². The number of rotatable bonds is 6. The number of halogens is 2. The highest BCUT2D eigenvalue weighted by molar-refractivity contribution is 6.37. The lowest BCUT2D eigenvalue weighted by molar-refractivity contribution is 0.122. The molecular formula is C19H22Cl2N2O2. The predicted octanol–water partition coefficient (Wildman–Crippen LogP) is 4.84. The number of nitrogens with zero attached hydrogens (tertiary/aromatic N) is 1. The van der Waals surface area contributed by atoms with Crippen LogP contribution in [0.3, 0.4) is 0 Å². The Balaban J connectivity index is 1.61. The van der Waals surface area contributed by atoms with Crippen LogP contribution in [0.25, 0.3) is 0 Å². The van der Waals surface area contributed by atoms with Crippen molar-refractivity contribution in [1.82, 2.24) is 0 Å². The molecule has 3 rings (SSSR count). The third-order valence-corrected chi connectivity index (χ3v) is 4.65. The Morgan fingerprint density at radius 1 is 1.08 bits per heavy atom. The van der Waals surface area contributed by atoms with E-state index in [-0.39, 0.29) is 0 Å². The van der Waals surface area contributed by atoms with Crippen molar-refractivity contribution in [2.75, 3.05) is 43.1 Å². The summed E-state index contributed by atoms with van der Waals surface area (Å²) >= 11 is 12.5. The number of anilines is 2. The molecule has 1 saturated heterocycles. The zero-order valence-electron chi connectivity index (χ0n) is 14.2. The molecule has 0 unspecified atom stereocenters. The maximum absolute atomic E-state index is 6.25. The lowest BCUT2D eigenvalue weighted by Gasteiger charge is -2.29. The largest absolute Gasteiger partial charge is 0.491 e. The number of hydrogen-bond acceptors (Lipinski definition) is 4. The normalized spacial score (nSPS) is 14.4. The molecule has 1 aliphatic rings. The molecule has 1 fully saturated rings. The van der Waals surface area contributed by atoms with Gasteiger partial charge in [0.1, 0.15) is 0 Å². The third-order valence-electron chi connectivity index (χ3n) is 4.09. The van der Waals surface area contributed by atoms with Crippen LogP contribution in [-0.2, 0) is 11.3 Å². The second-order valence-corrected chi connectivity index (χ2v) is 6.64. The van der Waals surface area contributed by atoms with Crippen LogP contribution >= 0.6 is 23.2 Å². The fourth-order valence-electron chi connectivity index (χ4n) is 2.81. The quantitative estimate of drug-likeness (QED) is 0.776. The average molecular weight is 381 g/mol. The minimum Gasteiger partial charge on any atom is -0.491 e. The van der Waals surface area contributed by atoms with Gasteiger partial charge in [0, 0.05) is 31.0 Å². The molecule has 0 aliphatic carbocycles. The molecule has 0 radical (unpaired) electrons. The van der Waals surface area contributed by atoms with Gasteiger partial charge in [-0.05, 0) is 48.9 Å². The summed E-state index contributed by atoms with van der Waals surface area (Å²) in [4.78, 5) is 2.33. The highest BCUT2D eigenvalue weighted by atomic mass is 35.5. The summed E-state index contributed by atoms with van der Waals surface area (Å²) in [6.45, 7) is 6.54. The maximum atomic E-state index is 6.25. The van der Waals surface area contributed by atoms with Crippen molar-refractivity contribution in [1.29, 1.82) is 0 Å². The Hall–Kier alpha value is -1.62. The molecule has 2 aromatic carbocycles. The van der Waals surface area contributed by atoms with Gasteiger partial charge in [-0.25, -0.2) is 0 Å². The Kier molecular flexibility index (Phi) is 6.29. The van der Waals surface area contributed by atoms with Gasteiger partial charge in [0.05, 0.1) is 29.9 Å². The molecule has 6 heteroatoms. The zero-order chi connectivity index (χ0) is 17.6. The third kappa shape index (κ3) is 4.72. The first-order chi connectivity index (χ1) is 12.2. The van der Waals surface area contributed by atoms with Gasteiger partial charge in [0.15, 0.2) is 5.75 Å². The van der Waals surface area contributed by atoms with Crippen LogP contribution in [0.5, 0.6) is 5.75 Å². The Morgan fingerprint density at radius 3 is 2.32 bits per heavy atom. The highest BCUT2D eigenvalue weighted by Gasteiger charge is 2.11. The Labute approximate surface area is 158 Å². The van der Waals surface area contributed by atoms with E-state index in [9.17, 15) is 0 Å². The van der Waals surface area contributed by atoms with Gasteiger partial charge >= 0.3 is 0 Å². The summed E-state index contributed by atoms with van der Waals surface area (Å²) in [5.41, 5.74) is 3.29. The van der Waals surface area contributed by atoms with Crippen molar-refractivity contribution in [2.45, 2.75) is 13.5 Å². The van der Waals surface area contributed by atoms with Gasteiger partial charge in [-0.3, -0.25) is 0 Å². The van der Waals surface area contributed by atoms with Crippen LogP contribution in [0.4, 0.5) is 11.4 Å². The lowest BCUT2D eigenvalue weighted by atomic mass is 10.2. The molecule has 0 amide bonds. The van der Waals surface area contributed by atoms with Gasteiger partial charge < -0.3 is 19.7 Å². The van der Waals surface area contributed by atoms with Crippen molar-refractivity contribution in [3.05, 3.63) is 52.0 Å². The van der Waals surface area contributed by atoms with E-state index in [1.54, 1.807) is 0 Å². The van der Waals surface area contributed by atoms with Crippen molar-refractivity contribution in [3.8, 4) is 5.75 Å². The summed E-state index contributed by atoms with van der Waals surface area (Å²) in [7, 11) is 0. The van der Waals surface area contributed by atoms with Crippen molar-refractivity contribution in [2.24, 2.45) is 0 Å². The fraction of sp³-hybridized carbons (Fsp3) is 0.368. The topological polar surface area (TPSA) is 33.7 Å². The Bertz CT molecular complexity index is 678. The molecule has 0 atom stereocenters. The van der Waals surface area contributed by atoms with Crippen LogP contribution in [0.2, 0.25) is 10.0 Å². The van der Waals surface area contributed by atoms with Gasteiger partial charge in [0.25, 0.3) is 0 Å². The van der Waals surface area contributed by atoms with Crippen LogP contribution in [0, 0.1) is 0 Å². The summed E-state index contributed by atoms with van der Waals surface area (Å²) in [5.74, 6) is 0.546. The fourth-order valence-corrected chi connectivity index (χ4v) is 3.45. The maximum Gasteiger partial charge on any atom is 0.156 e. The monoisotopic (exact) mass is 380 g/mol. The zero-order valence-corrected chi connectivity index (χ0v) is 15.7. The molecule has 25 heavy (non-hydrogen) atoms. The summed E-state index contributed by atoms with van der Waals surface area (Å²) < 4.78 is 10.8. The number of nitrogens with one attached hydrogen (secondary N) is 1. The molecule has 0 saturated carbocycles. The molecule has 1 heterocycles. The minimum atomic E-state index is 0.534. The smallest absolute Gasteiger partial charge is 0.156 e. The minimum absolute atomic E-state index is 0.534. The summed E-state index contributed by atoms with van der Waals surface area (Å²) in [6.07, 6.45) is 0. The standard InChI is InChI=1S/C19H22Cl2N2O2/c1-2-25-19-17(20)11-14(12-18(19)21)13-22-15-3-5-16(6-4-15)23-7-9-24-10-8-23/h3-6,11-12,22H,2,7-10,13H2,1H3. The molecule has 1 aliphatic heterocycles. The first-order valence-electron chi connectivity index (χ1n) is 8.44. The van der Waals surface area contributed by atoms with E-state index >= 15 is 0 Å². The molecular weight excluding hydrogens is 359 g/mol. The van der Waals surface area contributed by atoms with E-state index < -0.39 is 0 Å². The molecule has 4 nitrogen and oxygen atoms in total. The van der Waals surface area contributed by atoms with E-state index in [4.69, 9.17) is 32.7 Å². The van der Waals surface area contributed by atoms with Crippen molar-refractivity contribution < 1.29 is 9.47 Å². The van der Waals surface area contributed by atoms with Crippen LogP contribution < -0.4 is 15.0 Å². The number of morpholine rings is 1. The van der Waals surface area contributed by atoms with E-state index in [1.807, 2.05) is 19.1 Å². The number of benzene rings is 2. The lowest BCUT2D eigenvalue weighted by Crippen LogP contribution is -2.36. The van der Waals surface area contributed by atoms with Crippen molar-refractivity contribution >= 4 is 34.6 Å². The summed E-state index contributed by atoms with van der Waals surface area (Å²) in [6, 6.07) is 12.2. The van der Waals surface area contributed by atoms with E-state index in [2.05, 4.69) is 34.5 Å². The van der Waals surface area contributed by atoms with Gasteiger partial charge in [0.2, 0.25) is 0 Å². The second kappa shape index (κ2) is 8.65. The van der Waals surface area contributed by atoms with Gasteiger partial charge in [-0.1, -0.05) is 23.2 Å². The number of hydrogen-bond donors (Lipinski definition) is 1. The molecule has 0 aromatic heterocycles. The highest BCUT2D eigenvalue weighted by Crippen LogP contribution is 2.34. The van der Waals surface area contributed by atoms with E-state index in [0.717, 1.165) is 37.6 Å². The molecule has 1 N–H and O–H groups in total. The molecule has 0 bridgehead atoms. The SMILES string of the molecule is CCOc1c(Cl)cc(CNc2ccc(N3CCOCC3)cc2)cc1Cl. The second-order valence-electron chi connectivity index (χ2n) is 5.82. The Morgan fingerprint density at radius 2 is 1.72 bits per heavy atom. The van der Waals surface area contributed by atoms with Crippen molar-refractivity contribution in [3.63, 3.8) is 0 Å².